The Morgan fingerprint density at radius 2 is 1.81 bits per heavy atom. The molecule has 3 heterocycles. The fourth-order valence-electron chi connectivity index (χ4n) is 5.43. The molecule has 7 atom stereocenters. The number of rotatable bonds is 7. The zero-order chi connectivity index (χ0) is 31.0. The van der Waals surface area contributed by atoms with Gasteiger partial charge in [0.15, 0.2) is 23.6 Å². The average molecular weight is 647 g/mol. The van der Waals surface area contributed by atoms with Crippen molar-refractivity contribution in [3.63, 3.8) is 0 Å². The van der Waals surface area contributed by atoms with Crippen LogP contribution < -0.4 is 4.90 Å². The molecule has 5 rings (SSSR count). The van der Waals surface area contributed by atoms with E-state index in [1.54, 1.807) is 0 Å². The number of aliphatic hydroxyl groups is 3. The first-order valence-electron chi connectivity index (χ1n) is 13.1. The molecule has 0 unspecified atom stereocenters. The van der Waals surface area contributed by atoms with Crippen molar-refractivity contribution in [1.82, 2.24) is 15.0 Å². The summed E-state index contributed by atoms with van der Waals surface area (Å²) < 4.78 is 59.3. The fraction of sp³-hybridized carbons (Fsp3) is 0.444. The van der Waals surface area contributed by atoms with Crippen LogP contribution in [-0.4, -0.2) is 99.7 Å². The normalized spacial score (nSPS) is 27.7. The summed E-state index contributed by atoms with van der Waals surface area (Å²) >= 11 is 12.5. The molecule has 0 radical (unpaired) electrons. The lowest BCUT2D eigenvalue weighted by Gasteiger charge is -2.46. The highest BCUT2D eigenvalue weighted by Gasteiger charge is 2.52. The average Bonchev–Trinajstić information content (AvgIpc) is 3.45. The zero-order valence-electron chi connectivity index (χ0n) is 22.5. The van der Waals surface area contributed by atoms with Crippen LogP contribution >= 0.6 is 23.2 Å². The van der Waals surface area contributed by atoms with Crippen molar-refractivity contribution in [2.45, 2.75) is 49.0 Å². The molecule has 3 N–H and O–H groups in total. The van der Waals surface area contributed by atoms with E-state index in [1.165, 1.54) is 36.4 Å². The van der Waals surface area contributed by atoms with E-state index in [0.717, 1.165) is 16.8 Å². The summed E-state index contributed by atoms with van der Waals surface area (Å²) in [5.41, 5.74) is 0.0378. The summed E-state index contributed by atoms with van der Waals surface area (Å²) in [5, 5.41) is 40.4. The van der Waals surface area contributed by atoms with Gasteiger partial charge in [0.25, 0.3) is 5.91 Å². The standard InChI is InChI=1S/C27H27Cl2F3N4O7/c1-41-25-23(35-9-18(33-34-35)12-4-16(30)22(32)17(31)5-12)24(39)21(10-37)43-26(25)27(40)36(19-2-3-42-11-20(19)38)15-7-13(28)6-14(29)8-15/h4-9,19-21,23-26,37-39H,2-3,10-11H2,1H3/t19-,20-,21+,23-,24-,25+,26+/m0/s1. The smallest absolute Gasteiger partial charge is 0.259 e. The zero-order valence-corrected chi connectivity index (χ0v) is 24.0. The maximum absolute atomic E-state index is 14.4. The molecule has 0 saturated carbocycles. The quantitative estimate of drug-likeness (QED) is 0.331. The van der Waals surface area contributed by atoms with E-state index in [4.69, 9.17) is 37.4 Å². The topological polar surface area (TPSA) is 139 Å². The summed E-state index contributed by atoms with van der Waals surface area (Å²) in [4.78, 5) is 15.6. The van der Waals surface area contributed by atoms with Gasteiger partial charge in [-0.25, -0.2) is 17.9 Å². The highest BCUT2D eigenvalue weighted by Crippen LogP contribution is 2.37. The molecule has 3 aromatic rings. The summed E-state index contributed by atoms with van der Waals surface area (Å²) in [7, 11) is 1.26. The van der Waals surface area contributed by atoms with Gasteiger partial charge in [-0.3, -0.25) is 4.79 Å². The molecule has 1 amide bonds. The van der Waals surface area contributed by atoms with Crippen LogP contribution in [0.5, 0.6) is 0 Å². The van der Waals surface area contributed by atoms with Crippen molar-refractivity contribution in [2.75, 3.05) is 31.8 Å². The van der Waals surface area contributed by atoms with E-state index in [-0.39, 0.29) is 46.6 Å². The van der Waals surface area contributed by atoms with Crippen LogP contribution in [0, 0.1) is 17.5 Å². The minimum atomic E-state index is -1.65. The molecule has 0 aliphatic carbocycles. The Morgan fingerprint density at radius 1 is 1.14 bits per heavy atom. The molecule has 2 aromatic carbocycles. The Labute approximate surface area is 253 Å². The first-order chi connectivity index (χ1) is 20.5. The number of anilines is 1. The number of carbonyl (C=O) groups is 1. The number of carbonyl (C=O) groups excluding carboxylic acids is 1. The van der Waals surface area contributed by atoms with E-state index < -0.39 is 72.6 Å². The van der Waals surface area contributed by atoms with Gasteiger partial charge in [0.1, 0.15) is 30.0 Å². The summed E-state index contributed by atoms with van der Waals surface area (Å²) in [5.74, 6) is -5.24. The van der Waals surface area contributed by atoms with E-state index in [0.29, 0.717) is 0 Å². The molecule has 1 aromatic heterocycles. The molecule has 2 aliphatic rings. The monoisotopic (exact) mass is 646 g/mol. The van der Waals surface area contributed by atoms with Crippen molar-refractivity contribution in [1.29, 1.82) is 0 Å². The largest absolute Gasteiger partial charge is 0.394 e. The molecule has 2 fully saturated rings. The van der Waals surface area contributed by atoms with Crippen LogP contribution in [0.25, 0.3) is 11.3 Å². The number of amides is 1. The molecule has 2 saturated heterocycles. The minimum absolute atomic E-state index is 0.0467. The van der Waals surface area contributed by atoms with Crippen molar-refractivity contribution in [2.24, 2.45) is 0 Å². The first-order valence-corrected chi connectivity index (χ1v) is 13.9. The minimum Gasteiger partial charge on any atom is -0.394 e. The number of ether oxygens (including phenoxy) is 3. The summed E-state index contributed by atoms with van der Waals surface area (Å²) in [6.45, 7) is -0.516. The lowest BCUT2D eigenvalue weighted by Crippen LogP contribution is -2.63. The third kappa shape index (κ3) is 6.24. The van der Waals surface area contributed by atoms with Gasteiger partial charge in [-0.15, -0.1) is 5.10 Å². The SMILES string of the molecule is CO[C@@H]1[C@@H](n2cc(-c3cc(F)c(F)c(F)c3)nn2)[C@@H](O)[C@@H](CO)O[C@H]1C(=O)N(c1cc(Cl)cc(Cl)c1)[C@H]1CCOC[C@@H]1O. The molecule has 0 spiro atoms. The number of aromatic nitrogens is 3. The van der Waals surface area contributed by atoms with Gasteiger partial charge < -0.3 is 34.4 Å². The predicted octanol–water partition coefficient (Wildman–Crippen LogP) is 2.53. The van der Waals surface area contributed by atoms with Crippen molar-refractivity contribution in [3.05, 3.63) is 64.0 Å². The number of hydrogen-bond donors (Lipinski definition) is 3. The van der Waals surface area contributed by atoms with E-state index in [2.05, 4.69) is 10.3 Å². The molecule has 11 nitrogen and oxygen atoms in total. The Balaban J connectivity index is 1.55. The first kappa shape index (κ1) is 31.6. The maximum atomic E-state index is 14.4. The molecule has 16 heteroatoms. The number of aliphatic hydroxyl groups excluding tert-OH is 3. The van der Waals surface area contributed by atoms with E-state index in [1.807, 2.05) is 0 Å². The number of nitrogens with zero attached hydrogens (tertiary/aromatic N) is 4. The Morgan fingerprint density at radius 3 is 2.42 bits per heavy atom. The molecular weight excluding hydrogens is 620 g/mol. The third-order valence-electron chi connectivity index (χ3n) is 7.46. The highest BCUT2D eigenvalue weighted by molar-refractivity contribution is 6.35. The molecule has 232 valence electrons. The van der Waals surface area contributed by atoms with Gasteiger partial charge in [-0.05, 0) is 36.8 Å². The Kier molecular flexibility index (Phi) is 9.58. The predicted molar refractivity (Wildman–Crippen MR) is 146 cm³/mol. The Hall–Kier alpha value is -2.82. The summed E-state index contributed by atoms with van der Waals surface area (Å²) in [6, 6.07) is 3.90. The number of methoxy groups -OCH3 is 1. The van der Waals surface area contributed by atoms with Gasteiger partial charge in [0, 0.05) is 35.0 Å². The van der Waals surface area contributed by atoms with Crippen molar-refractivity contribution >= 4 is 34.8 Å². The highest BCUT2D eigenvalue weighted by atomic mass is 35.5. The number of benzene rings is 2. The van der Waals surface area contributed by atoms with E-state index in [9.17, 15) is 33.3 Å². The van der Waals surface area contributed by atoms with Gasteiger partial charge in [-0.1, -0.05) is 28.4 Å². The molecule has 43 heavy (non-hydrogen) atoms. The van der Waals surface area contributed by atoms with Gasteiger partial charge in [-0.2, -0.15) is 0 Å². The van der Waals surface area contributed by atoms with E-state index >= 15 is 0 Å². The molecular formula is C27H27Cl2F3N4O7. The summed E-state index contributed by atoms with van der Waals surface area (Å²) in [6.07, 6.45) is -5.20. The van der Waals surface area contributed by atoms with Gasteiger partial charge in [0.2, 0.25) is 0 Å². The van der Waals surface area contributed by atoms with Crippen LogP contribution in [0.1, 0.15) is 12.5 Å². The van der Waals surface area contributed by atoms with Crippen LogP contribution in [0.3, 0.4) is 0 Å². The van der Waals surface area contributed by atoms with Crippen LogP contribution in [-0.2, 0) is 19.0 Å². The maximum Gasteiger partial charge on any atom is 0.259 e. The second-order valence-electron chi connectivity index (χ2n) is 10.1. The van der Waals surface area contributed by atoms with Crippen molar-refractivity contribution < 1.29 is 47.5 Å². The Bertz CT molecular complexity index is 1440. The van der Waals surface area contributed by atoms with Crippen LogP contribution in [0.2, 0.25) is 10.0 Å². The fourth-order valence-corrected chi connectivity index (χ4v) is 5.94. The van der Waals surface area contributed by atoms with Crippen LogP contribution in [0.4, 0.5) is 18.9 Å². The second-order valence-corrected chi connectivity index (χ2v) is 11.0. The number of hydrogen-bond acceptors (Lipinski definition) is 9. The molecule has 0 bridgehead atoms. The van der Waals surface area contributed by atoms with Gasteiger partial charge >= 0.3 is 0 Å². The second kappa shape index (κ2) is 13.0. The lowest BCUT2D eigenvalue weighted by molar-refractivity contribution is -0.211. The third-order valence-corrected chi connectivity index (χ3v) is 7.90. The van der Waals surface area contributed by atoms with Crippen molar-refractivity contribution in [3.8, 4) is 11.3 Å². The molecule has 2 aliphatic heterocycles. The van der Waals surface area contributed by atoms with Gasteiger partial charge in [0.05, 0.1) is 31.6 Å². The number of halogens is 5. The van der Waals surface area contributed by atoms with Crippen LogP contribution in [0.15, 0.2) is 36.5 Å². The lowest BCUT2D eigenvalue weighted by atomic mass is 9.90.